The van der Waals surface area contributed by atoms with Crippen molar-refractivity contribution in [2.24, 2.45) is 5.73 Å². The van der Waals surface area contributed by atoms with Crippen LogP contribution < -0.4 is 10.8 Å². The second kappa shape index (κ2) is 6.72. The lowest BCUT2D eigenvalue weighted by atomic mass is 9.92. The molecule has 6 heteroatoms. The molecule has 0 radical (unpaired) electrons. The Morgan fingerprint density at radius 2 is 1.81 bits per heavy atom. The fraction of sp³-hybridized carbons (Fsp3) is 1.00. The van der Waals surface area contributed by atoms with Crippen molar-refractivity contribution in [1.82, 2.24) is 5.09 Å². The van der Waals surface area contributed by atoms with E-state index in [1.165, 1.54) is 0 Å². The summed E-state index contributed by atoms with van der Waals surface area (Å²) in [5, 5.41) is 2.97. The molecule has 0 aromatic heterocycles. The molecule has 0 aromatic carbocycles. The molecule has 5 nitrogen and oxygen atoms in total. The van der Waals surface area contributed by atoms with E-state index in [0.717, 1.165) is 25.7 Å². The topological polar surface area (TPSA) is 73.6 Å². The second-order valence-electron chi connectivity index (χ2n) is 4.02. The molecular weight excluding hydrogens is 227 g/mol. The third kappa shape index (κ3) is 4.15. The van der Waals surface area contributed by atoms with Gasteiger partial charge in [-0.15, -0.1) is 0 Å². The number of hydrogen-bond donors (Lipinski definition) is 2. The van der Waals surface area contributed by atoms with Crippen LogP contribution in [0.1, 0.15) is 39.5 Å². The van der Waals surface area contributed by atoms with Crippen LogP contribution in [0.15, 0.2) is 0 Å². The Balaban J connectivity index is 2.55. The average Bonchev–Trinajstić information content (AvgIpc) is 2.22. The van der Waals surface area contributed by atoms with E-state index in [-0.39, 0.29) is 12.1 Å². The maximum absolute atomic E-state index is 12.2. The van der Waals surface area contributed by atoms with E-state index in [1.807, 2.05) is 0 Å². The van der Waals surface area contributed by atoms with Crippen LogP contribution >= 0.6 is 7.75 Å². The summed E-state index contributed by atoms with van der Waals surface area (Å²) in [4.78, 5) is 0. The number of nitrogens with one attached hydrogen (secondary N) is 1. The lowest BCUT2D eigenvalue weighted by molar-refractivity contribution is 0.199. The summed E-state index contributed by atoms with van der Waals surface area (Å²) in [6.45, 7) is 4.33. The van der Waals surface area contributed by atoms with Gasteiger partial charge in [-0.05, 0) is 26.7 Å². The van der Waals surface area contributed by atoms with Crippen LogP contribution in [0.5, 0.6) is 0 Å². The normalized spacial score (nSPS) is 26.9. The van der Waals surface area contributed by atoms with Gasteiger partial charge in [0.2, 0.25) is 0 Å². The number of nitrogens with two attached hydrogens (primary N) is 1. The summed E-state index contributed by atoms with van der Waals surface area (Å²) < 4.78 is 22.6. The van der Waals surface area contributed by atoms with E-state index >= 15 is 0 Å². The first-order valence-corrected chi connectivity index (χ1v) is 7.58. The summed E-state index contributed by atoms with van der Waals surface area (Å²) in [5.41, 5.74) is 5.98. The van der Waals surface area contributed by atoms with Crippen molar-refractivity contribution in [1.29, 1.82) is 0 Å². The van der Waals surface area contributed by atoms with Gasteiger partial charge in [-0.25, -0.2) is 9.65 Å². The van der Waals surface area contributed by atoms with Crippen LogP contribution in [0, 0.1) is 0 Å². The van der Waals surface area contributed by atoms with Crippen LogP contribution in [0.25, 0.3) is 0 Å². The third-order valence-corrected chi connectivity index (χ3v) is 4.59. The fourth-order valence-corrected chi connectivity index (χ4v) is 3.60. The van der Waals surface area contributed by atoms with E-state index in [9.17, 15) is 4.57 Å². The zero-order chi connectivity index (χ0) is 12.0. The van der Waals surface area contributed by atoms with Gasteiger partial charge in [0.25, 0.3) is 0 Å². The SMILES string of the molecule is CCOP(=O)(NC1CCCCC1N)OCC. The molecule has 0 saturated heterocycles. The molecular formula is C10H23N2O3P. The Morgan fingerprint density at radius 1 is 1.25 bits per heavy atom. The van der Waals surface area contributed by atoms with Crippen LogP contribution in [0.2, 0.25) is 0 Å². The Bertz CT molecular complexity index is 240. The highest BCUT2D eigenvalue weighted by Gasteiger charge is 2.31. The van der Waals surface area contributed by atoms with E-state index in [2.05, 4.69) is 5.09 Å². The van der Waals surface area contributed by atoms with Gasteiger partial charge in [0.05, 0.1) is 13.2 Å². The van der Waals surface area contributed by atoms with Crippen LogP contribution in [0.4, 0.5) is 0 Å². The lowest BCUT2D eigenvalue weighted by Crippen LogP contribution is -2.46. The molecule has 0 amide bonds. The van der Waals surface area contributed by atoms with E-state index in [4.69, 9.17) is 14.8 Å². The quantitative estimate of drug-likeness (QED) is 0.705. The fourth-order valence-electron chi connectivity index (χ4n) is 1.97. The number of hydrogen-bond acceptors (Lipinski definition) is 4. The Morgan fingerprint density at radius 3 is 2.31 bits per heavy atom. The van der Waals surface area contributed by atoms with Crippen molar-refractivity contribution in [3.05, 3.63) is 0 Å². The largest absolute Gasteiger partial charge is 0.405 e. The molecule has 0 spiro atoms. The minimum atomic E-state index is -3.16. The Labute approximate surface area is 97.7 Å². The lowest BCUT2D eigenvalue weighted by Gasteiger charge is -2.31. The predicted octanol–water partition coefficient (Wildman–Crippen LogP) is 2.03. The molecule has 0 aliphatic heterocycles. The minimum Gasteiger partial charge on any atom is -0.326 e. The predicted molar refractivity (Wildman–Crippen MR) is 64.2 cm³/mol. The van der Waals surface area contributed by atoms with Crippen molar-refractivity contribution >= 4 is 7.75 Å². The van der Waals surface area contributed by atoms with Gasteiger partial charge < -0.3 is 5.73 Å². The van der Waals surface area contributed by atoms with Gasteiger partial charge in [0.1, 0.15) is 0 Å². The van der Waals surface area contributed by atoms with Crippen LogP contribution in [-0.4, -0.2) is 25.3 Å². The zero-order valence-corrected chi connectivity index (χ0v) is 11.0. The molecule has 0 aromatic rings. The summed E-state index contributed by atoms with van der Waals surface area (Å²) in [5.74, 6) is 0. The molecule has 3 N–H and O–H groups in total. The van der Waals surface area contributed by atoms with Crippen LogP contribution in [-0.2, 0) is 13.6 Å². The molecule has 1 rings (SSSR count). The Hall–Kier alpha value is 0.0700. The maximum atomic E-state index is 12.2. The summed E-state index contributed by atoms with van der Waals surface area (Å²) in [6.07, 6.45) is 4.16. The van der Waals surface area contributed by atoms with Gasteiger partial charge in [0, 0.05) is 12.1 Å². The second-order valence-corrected chi connectivity index (χ2v) is 5.79. The van der Waals surface area contributed by atoms with Gasteiger partial charge in [-0.3, -0.25) is 9.05 Å². The van der Waals surface area contributed by atoms with Gasteiger partial charge >= 0.3 is 7.75 Å². The van der Waals surface area contributed by atoms with E-state index in [1.54, 1.807) is 13.8 Å². The van der Waals surface area contributed by atoms with Gasteiger partial charge in [-0.1, -0.05) is 12.8 Å². The molecule has 1 aliphatic carbocycles. The van der Waals surface area contributed by atoms with Gasteiger partial charge in [-0.2, -0.15) is 0 Å². The smallest absolute Gasteiger partial charge is 0.326 e. The minimum absolute atomic E-state index is 0.0395. The molecule has 1 fully saturated rings. The molecule has 1 saturated carbocycles. The van der Waals surface area contributed by atoms with Gasteiger partial charge in [0.15, 0.2) is 0 Å². The molecule has 0 heterocycles. The first-order chi connectivity index (χ1) is 7.61. The third-order valence-electron chi connectivity index (χ3n) is 2.74. The summed E-state index contributed by atoms with van der Waals surface area (Å²) in [6, 6.07) is 0.0840. The zero-order valence-electron chi connectivity index (χ0n) is 10.1. The summed E-state index contributed by atoms with van der Waals surface area (Å²) in [7, 11) is -3.16. The molecule has 16 heavy (non-hydrogen) atoms. The molecule has 96 valence electrons. The van der Waals surface area contributed by atoms with Crippen molar-refractivity contribution in [2.45, 2.75) is 51.6 Å². The van der Waals surface area contributed by atoms with Crippen molar-refractivity contribution < 1.29 is 13.6 Å². The first kappa shape index (κ1) is 14.1. The molecule has 0 bridgehead atoms. The van der Waals surface area contributed by atoms with Crippen molar-refractivity contribution in [3.63, 3.8) is 0 Å². The molecule has 2 unspecified atom stereocenters. The first-order valence-electron chi connectivity index (χ1n) is 6.03. The standard InChI is InChI=1S/C10H23N2O3P/c1-3-14-16(13,15-4-2)12-10-8-6-5-7-9(10)11/h9-10H,3-8,11H2,1-2H3,(H,12,13). The highest BCUT2D eigenvalue weighted by Crippen LogP contribution is 2.45. The highest BCUT2D eigenvalue weighted by atomic mass is 31.2. The highest BCUT2D eigenvalue weighted by molar-refractivity contribution is 7.51. The number of rotatable bonds is 6. The molecule has 2 atom stereocenters. The van der Waals surface area contributed by atoms with E-state index < -0.39 is 7.75 Å². The van der Waals surface area contributed by atoms with Crippen molar-refractivity contribution in [3.8, 4) is 0 Å². The molecule has 1 aliphatic rings. The van der Waals surface area contributed by atoms with E-state index in [0.29, 0.717) is 13.2 Å². The maximum Gasteiger partial charge on any atom is 0.405 e. The van der Waals surface area contributed by atoms with Crippen molar-refractivity contribution in [2.75, 3.05) is 13.2 Å². The Kier molecular flexibility index (Phi) is 5.94. The monoisotopic (exact) mass is 250 g/mol. The average molecular weight is 250 g/mol. The van der Waals surface area contributed by atoms with Crippen LogP contribution in [0.3, 0.4) is 0 Å². The summed E-state index contributed by atoms with van der Waals surface area (Å²) >= 11 is 0.